The zero-order chi connectivity index (χ0) is 6.85. The van der Waals surface area contributed by atoms with E-state index in [-0.39, 0.29) is 10.8 Å². The van der Waals surface area contributed by atoms with Crippen LogP contribution in [0.1, 0.15) is 12.5 Å². The van der Waals surface area contributed by atoms with Gasteiger partial charge in [0.1, 0.15) is 0 Å². The second-order valence-electron chi connectivity index (χ2n) is 1.77. The van der Waals surface area contributed by atoms with Crippen molar-refractivity contribution < 1.29 is 10.2 Å². The fraction of sp³-hybridized carbons (Fsp3) is 0.333. The van der Waals surface area contributed by atoms with Gasteiger partial charge in [-0.15, -0.1) is 11.3 Å². The Hall–Kier alpha value is -0.700. The normalized spacial score (nSPS) is 9.89. The molecule has 2 nitrogen and oxygen atoms in total. The van der Waals surface area contributed by atoms with Crippen LogP contribution in [0.3, 0.4) is 0 Å². The summed E-state index contributed by atoms with van der Waals surface area (Å²) in [5.74, 6) is 0.0440. The average molecular weight is 144 g/mol. The van der Waals surface area contributed by atoms with Crippen LogP contribution in [-0.4, -0.2) is 10.2 Å². The van der Waals surface area contributed by atoms with Crippen LogP contribution in [0.25, 0.3) is 0 Å². The zero-order valence-electron chi connectivity index (χ0n) is 5.09. The molecule has 0 aromatic carbocycles. The highest BCUT2D eigenvalue weighted by atomic mass is 32.1. The SMILES string of the molecule is CCc1csc(O)c1O. The molecular weight excluding hydrogens is 136 g/mol. The van der Waals surface area contributed by atoms with E-state index in [1.54, 1.807) is 5.38 Å². The molecule has 1 aromatic heterocycles. The lowest BCUT2D eigenvalue weighted by atomic mass is 10.2. The highest BCUT2D eigenvalue weighted by Crippen LogP contribution is 2.35. The number of aromatic hydroxyl groups is 2. The Kier molecular flexibility index (Phi) is 1.62. The average Bonchev–Trinajstić information content (AvgIpc) is 2.15. The number of hydrogen-bond donors (Lipinski definition) is 2. The van der Waals surface area contributed by atoms with Gasteiger partial charge in [0, 0.05) is 10.9 Å². The molecule has 0 saturated heterocycles. The molecule has 0 amide bonds. The number of hydrogen-bond acceptors (Lipinski definition) is 3. The molecule has 2 N–H and O–H groups in total. The van der Waals surface area contributed by atoms with Crippen molar-refractivity contribution in [3.8, 4) is 10.8 Å². The molecule has 1 heterocycles. The summed E-state index contributed by atoms with van der Waals surface area (Å²) in [5.41, 5.74) is 0.817. The molecule has 9 heavy (non-hydrogen) atoms. The van der Waals surface area contributed by atoms with Crippen molar-refractivity contribution >= 4 is 11.3 Å². The Morgan fingerprint density at radius 1 is 1.56 bits per heavy atom. The molecule has 0 saturated carbocycles. The van der Waals surface area contributed by atoms with Gasteiger partial charge in [0.25, 0.3) is 0 Å². The Labute approximate surface area is 57.4 Å². The van der Waals surface area contributed by atoms with Crippen LogP contribution in [-0.2, 0) is 6.42 Å². The lowest BCUT2D eigenvalue weighted by molar-refractivity contribution is 0.412. The first-order valence-corrected chi connectivity index (χ1v) is 3.62. The molecule has 0 aliphatic carbocycles. The Bertz CT molecular complexity index is 205. The summed E-state index contributed by atoms with van der Waals surface area (Å²) in [6.45, 7) is 1.93. The quantitative estimate of drug-likeness (QED) is 0.630. The van der Waals surface area contributed by atoms with E-state index in [4.69, 9.17) is 10.2 Å². The van der Waals surface area contributed by atoms with E-state index in [2.05, 4.69) is 0 Å². The summed E-state index contributed by atoms with van der Waals surface area (Å²) in [4.78, 5) is 0. The van der Waals surface area contributed by atoms with Gasteiger partial charge in [0.2, 0.25) is 5.06 Å². The molecule has 0 spiro atoms. The third-order valence-corrected chi connectivity index (χ3v) is 2.02. The summed E-state index contributed by atoms with van der Waals surface area (Å²) < 4.78 is 0. The predicted octanol–water partition coefficient (Wildman–Crippen LogP) is 1.72. The first-order valence-electron chi connectivity index (χ1n) is 2.74. The fourth-order valence-corrected chi connectivity index (χ4v) is 1.40. The van der Waals surface area contributed by atoms with Gasteiger partial charge in [0.05, 0.1) is 0 Å². The third kappa shape index (κ3) is 1.00. The number of rotatable bonds is 1. The molecule has 0 aliphatic heterocycles. The summed E-state index contributed by atoms with van der Waals surface area (Å²) in [6, 6.07) is 0. The summed E-state index contributed by atoms with van der Waals surface area (Å²) >= 11 is 1.16. The van der Waals surface area contributed by atoms with Crippen LogP contribution in [0.5, 0.6) is 10.8 Å². The van der Waals surface area contributed by atoms with E-state index >= 15 is 0 Å². The van der Waals surface area contributed by atoms with Gasteiger partial charge in [0.15, 0.2) is 5.75 Å². The van der Waals surface area contributed by atoms with Crippen molar-refractivity contribution in [1.29, 1.82) is 0 Å². The van der Waals surface area contributed by atoms with E-state index in [1.807, 2.05) is 6.92 Å². The highest BCUT2D eigenvalue weighted by molar-refractivity contribution is 7.12. The lowest BCUT2D eigenvalue weighted by Gasteiger charge is -1.89. The molecule has 0 aliphatic rings. The van der Waals surface area contributed by atoms with Crippen molar-refractivity contribution in [2.75, 3.05) is 0 Å². The number of aryl methyl sites for hydroxylation is 1. The Morgan fingerprint density at radius 3 is 2.44 bits per heavy atom. The zero-order valence-corrected chi connectivity index (χ0v) is 5.90. The maximum absolute atomic E-state index is 9.00. The summed E-state index contributed by atoms with van der Waals surface area (Å²) in [6.07, 6.45) is 0.767. The van der Waals surface area contributed by atoms with Gasteiger partial charge in [-0.05, 0) is 6.42 Å². The van der Waals surface area contributed by atoms with Crippen molar-refractivity contribution in [2.45, 2.75) is 13.3 Å². The third-order valence-electron chi connectivity index (χ3n) is 1.20. The largest absolute Gasteiger partial charge is 0.503 e. The first-order chi connectivity index (χ1) is 4.25. The van der Waals surface area contributed by atoms with Crippen LogP contribution >= 0.6 is 11.3 Å². The highest BCUT2D eigenvalue weighted by Gasteiger charge is 2.05. The predicted molar refractivity (Wildman–Crippen MR) is 37.0 cm³/mol. The molecule has 0 unspecified atom stereocenters. The fourth-order valence-electron chi connectivity index (χ4n) is 0.627. The molecule has 1 aromatic rings. The smallest absolute Gasteiger partial charge is 0.214 e. The van der Waals surface area contributed by atoms with Crippen LogP contribution in [0.15, 0.2) is 5.38 Å². The molecule has 0 fully saturated rings. The summed E-state index contributed by atoms with van der Waals surface area (Å²) in [5, 5.41) is 19.6. The molecule has 0 atom stereocenters. The number of thiophene rings is 1. The van der Waals surface area contributed by atoms with Crippen molar-refractivity contribution in [3.63, 3.8) is 0 Å². The standard InChI is InChI=1S/C6H8O2S/c1-2-4-3-9-6(8)5(4)7/h3,7-8H,2H2,1H3. The van der Waals surface area contributed by atoms with Crippen molar-refractivity contribution in [3.05, 3.63) is 10.9 Å². The Morgan fingerprint density at radius 2 is 2.22 bits per heavy atom. The van der Waals surface area contributed by atoms with Gasteiger partial charge in [-0.25, -0.2) is 0 Å². The monoisotopic (exact) mass is 144 g/mol. The second-order valence-corrected chi connectivity index (χ2v) is 2.63. The second kappa shape index (κ2) is 2.27. The van der Waals surface area contributed by atoms with Gasteiger partial charge in [-0.3, -0.25) is 0 Å². The molecule has 50 valence electrons. The van der Waals surface area contributed by atoms with Crippen LogP contribution in [0.4, 0.5) is 0 Å². The maximum atomic E-state index is 9.00. The van der Waals surface area contributed by atoms with Crippen LogP contribution in [0, 0.1) is 0 Å². The summed E-state index contributed by atoms with van der Waals surface area (Å²) in [7, 11) is 0. The van der Waals surface area contributed by atoms with E-state index < -0.39 is 0 Å². The minimum absolute atomic E-state index is 0.0202. The molecule has 1 rings (SSSR count). The van der Waals surface area contributed by atoms with Crippen LogP contribution < -0.4 is 0 Å². The van der Waals surface area contributed by atoms with Gasteiger partial charge in [-0.2, -0.15) is 0 Å². The minimum Gasteiger partial charge on any atom is -0.503 e. The van der Waals surface area contributed by atoms with Crippen molar-refractivity contribution in [1.82, 2.24) is 0 Å². The Balaban J connectivity index is 3.04. The van der Waals surface area contributed by atoms with Crippen molar-refractivity contribution in [2.24, 2.45) is 0 Å². The first kappa shape index (κ1) is 6.42. The molecule has 0 radical (unpaired) electrons. The van der Waals surface area contributed by atoms with E-state index in [0.717, 1.165) is 23.3 Å². The maximum Gasteiger partial charge on any atom is 0.214 e. The topological polar surface area (TPSA) is 40.5 Å². The van der Waals surface area contributed by atoms with E-state index in [9.17, 15) is 0 Å². The molecule has 0 bridgehead atoms. The minimum atomic E-state index is 0.0202. The van der Waals surface area contributed by atoms with E-state index in [0.29, 0.717) is 0 Å². The molecular formula is C6H8O2S. The van der Waals surface area contributed by atoms with E-state index in [1.165, 1.54) is 0 Å². The van der Waals surface area contributed by atoms with Gasteiger partial charge in [-0.1, -0.05) is 6.92 Å². The van der Waals surface area contributed by atoms with Gasteiger partial charge < -0.3 is 10.2 Å². The molecule has 3 heteroatoms. The van der Waals surface area contributed by atoms with Gasteiger partial charge >= 0.3 is 0 Å². The lowest BCUT2D eigenvalue weighted by Crippen LogP contribution is -1.71. The van der Waals surface area contributed by atoms with Crippen LogP contribution in [0.2, 0.25) is 0 Å².